The standard InChI is InChI=1S/C16H18N2O/c1-2-17-16(14-8-5-11-19-14)15-13-7-4-3-6-12(13)9-10-18-15/h3-4,6-10,16-17H,2,5,11H2,1H3. The van der Waals surface area contributed by atoms with Crippen LogP contribution in [0.2, 0.25) is 0 Å². The van der Waals surface area contributed by atoms with E-state index in [2.05, 4.69) is 47.6 Å². The van der Waals surface area contributed by atoms with Gasteiger partial charge in [0.25, 0.3) is 0 Å². The summed E-state index contributed by atoms with van der Waals surface area (Å²) < 4.78 is 5.73. The van der Waals surface area contributed by atoms with Gasteiger partial charge in [-0.25, -0.2) is 0 Å². The molecule has 0 amide bonds. The highest BCUT2D eigenvalue weighted by molar-refractivity contribution is 5.84. The van der Waals surface area contributed by atoms with E-state index in [-0.39, 0.29) is 6.04 Å². The van der Waals surface area contributed by atoms with Crippen LogP contribution in [0.15, 0.2) is 48.4 Å². The first-order chi connectivity index (χ1) is 9.40. The minimum Gasteiger partial charge on any atom is -0.496 e. The SMILES string of the molecule is CCNC(C1=CCCO1)c1nccc2ccccc12. The van der Waals surface area contributed by atoms with Crippen molar-refractivity contribution in [2.24, 2.45) is 0 Å². The average Bonchev–Trinajstić information content (AvgIpc) is 2.98. The van der Waals surface area contributed by atoms with Crippen LogP contribution in [0.25, 0.3) is 10.8 Å². The molecule has 1 atom stereocenters. The van der Waals surface area contributed by atoms with E-state index in [1.54, 1.807) is 0 Å². The van der Waals surface area contributed by atoms with Crippen molar-refractivity contribution in [1.82, 2.24) is 10.3 Å². The summed E-state index contributed by atoms with van der Waals surface area (Å²) in [5.74, 6) is 1.01. The predicted molar refractivity (Wildman–Crippen MR) is 76.8 cm³/mol. The number of aromatic nitrogens is 1. The lowest BCUT2D eigenvalue weighted by Gasteiger charge is -2.20. The molecule has 0 bridgehead atoms. The summed E-state index contributed by atoms with van der Waals surface area (Å²) in [4.78, 5) is 4.59. The van der Waals surface area contributed by atoms with Crippen molar-refractivity contribution in [2.75, 3.05) is 13.2 Å². The zero-order valence-corrected chi connectivity index (χ0v) is 11.1. The number of benzene rings is 1. The number of nitrogens with zero attached hydrogens (tertiary/aromatic N) is 1. The smallest absolute Gasteiger partial charge is 0.115 e. The van der Waals surface area contributed by atoms with Crippen LogP contribution in [0.4, 0.5) is 0 Å². The molecule has 0 aliphatic carbocycles. The van der Waals surface area contributed by atoms with E-state index in [0.29, 0.717) is 0 Å². The van der Waals surface area contributed by atoms with Crippen LogP contribution in [0.5, 0.6) is 0 Å². The van der Waals surface area contributed by atoms with Crippen molar-refractivity contribution >= 4 is 10.8 Å². The molecule has 19 heavy (non-hydrogen) atoms. The first kappa shape index (κ1) is 12.2. The Kier molecular flexibility index (Phi) is 3.47. The Hall–Kier alpha value is -1.87. The molecule has 1 unspecified atom stereocenters. The molecule has 3 nitrogen and oxygen atoms in total. The molecule has 2 aromatic rings. The number of rotatable bonds is 4. The Morgan fingerprint density at radius 3 is 3.00 bits per heavy atom. The number of likely N-dealkylation sites (N-methyl/N-ethyl adjacent to an activating group) is 1. The lowest BCUT2D eigenvalue weighted by atomic mass is 10.0. The molecule has 1 N–H and O–H groups in total. The van der Waals surface area contributed by atoms with Gasteiger partial charge >= 0.3 is 0 Å². The number of fused-ring (bicyclic) bond motifs is 1. The van der Waals surface area contributed by atoms with Gasteiger partial charge in [-0.05, 0) is 24.1 Å². The molecule has 98 valence electrons. The highest BCUT2D eigenvalue weighted by Gasteiger charge is 2.22. The van der Waals surface area contributed by atoms with E-state index in [1.807, 2.05) is 12.3 Å². The Labute approximate surface area is 113 Å². The summed E-state index contributed by atoms with van der Waals surface area (Å²) in [6.45, 7) is 3.77. The maximum Gasteiger partial charge on any atom is 0.115 e. The van der Waals surface area contributed by atoms with Gasteiger partial charge in [0.05, 0.1) is 12.3 Å². The van der Waals surface area contributed by atoms with Gasteiger partial charge < -0.3 is 10.1 Å². The van der Waals surface area contributed by atoms with Gasteiger partial charge in [-0.3, -0.25) is 4.98 Å². The summed E-state index contributed by atoms with van der Waals surface area (Å²) in [5, 5.41) is 5.88. The molecule has 0 saturated carbocycles. The molecule has 0 fully saturated rings. The Morgan fingerprint density at radius 1 is 1.32 bits per heavy atom. The van der Waals surface area contributed by atoms with E-state index in [4.69, 9.17) is 4.74 Å². The van der Waals surface area contributed by atoms with Crippen LogP contribution >= 0.6 is 0 Å². The maximum atomic E-state index is 5.73. The second kappa shape index (κ2) is 5.41. The van der Waals surface area contributed by atoms with Crippen molar-refractivity contribution < 1.29 is 4.74 Å². The highest BCUT2D eigenvalue weighted by Crippen LogP contribution is 2.29. The van der Waals surface area contributed by atoms with Crippen molar-refractivity contribution in [3.05, 3.63) is 54.1 Å². The topological polar surface area (TPSA) is 34.1 Å². The van der Waals surface area contributed by atoms with E-state index in [0.717, 1.165) is 31.0 Å². The summed E-state index contributed by atoms with van der Waals surface area (Å²) >= 11 is 0. The predicted octanol–water partition coefficient (Wildman–Crippen LogP) is 3.19. The first-order valence-corrected chi connectivity index (χ1v) is 6.80. The molecule has 1 aromatic heterocycles. The van der Waals surface area contributed by atoms with Crippen LogP contribution in [0.3, 0.4) is 0 Å². The Balaban J connectivity index is 2.09. The molecule has 3 rings (SSSR count). The van der Waals surface area contributed by atoms with Gasteiger partial charge in [-0.2, -0.15) is 0 Å². The third kappa shape index (κ3) is 2.34. The summed E-state index contributed by atoms with van der Waals surface area (Å²) in [6, 6.07) is 10.5. The van der Waals surface area contributed by atoms with Gasteiger partial charge in [0.2, 0.25) is 0 Å². The number of hydrogen-bond acceptors (Lipinski definition) is 3. The third-order valence-electron chi connectivity index (χ3n) is 3.40. The molecule has 1 aromatic carbocycles. The van der Waals surface area contributed by atoms with E-state index >= 15 is 0 Å². The van der Waals surface area contributed by atoms with Gasteiger partial charge in [0.15, 0.2) is 0 Å². The molecule has 3 heteroatoms. The number of nitrogens with one attached hydrogen (secondary N) is 1. The van der Waals surface area contributed by atoms with Crippen LogP contribution in [0.1, 0.15) is 25.1 Å². The second-order valence-electron chi connectivity index (χ2n) is 4.65. The molecular formula is C16H18N2O. The lowest BCUT2D eigenvalue weighted by molar-refractivity contribution is 0.215. The van der Waals surface area contributed by atoms with Crippen LogP contribution in [0, 0.1) is 0 Å². The average molecular weight is 254 g/mol. The minimum absolute atomic E-state index is 0.0543. The molecule has 1 aliphatic rings. The normalized spacial score (nSPS) is 16.2. The summed E-state index contributed by atoms with van der Waals surface area (Å²) in [7, 11) is 0. The highest BCUT2D eigenvalue weighted by atomic mass is 16.5. The second-order valence-corrected chi connectivity index (χ2v) is 4.65. The molecule has 0 spiro atoms. The molecule has 1 aliphatic heterocycles. The van der Waals surface area contributed by atoms with E-state index in [9.17, 15) is 0 Å². The fourth-order valence-electron chi connectivity index (χ4n) is 2.55. The minimum atomic E-state index is 0.0543. The fourth-order valence-corrected chi connectivity index (χ4v) is 2.55. The Morgan fingerprint density at radius 2 is 2.21 bits per heavy atom. The van der Waals surface area contributed by atoms with Gasteiger partial charge in [0.1, 0.15) is 11.8 Å². The fraction of sp³-hybridized carbons (Fsp3) is 0.312. The zero-order valence-electron chi connectivity index (χ0n) is 11.1. The molecule has 0 radical (unpaired) electrons. The summed E-state index contributed by atoms with van der Waals surface area (Å²) in [6.07, 6.45) is 5.02. The van der Waals surface area contributed by atoms with Gasteiger partial charge in [-0.15, -0.1) is 0 Å². The van der Waals surface area contributed by atoms with Crippen LogP contribution in [-0.2, 0) is 4.74 Å². The quantitative estimate of drug-likeness (QED) is 0.909. The van der Waals surface area contributed by atoms with Crippen LogP contribution < -0.4 is 5.32 Å². The zero-order chi connectivity index (χ0) is 13.1. The lowest BCUT2D eigenvalue weighted by Crippen LogP contribution is -2.24. The largest absolute Gasteiger partial charge is 0.496 e. The van der Waals surface area contributed by atoms with Crippen molar-refractivity contribution in [1.29, 1.82) is 0 Å². The summed E-state index contributed by atoms with van der Waals surface area (Å²) in [5.41, 5.74) is 1.05. The maximum absolute atomic E-state index is 5.73. The van der Waals surface area contributed by atoms with Gasteiger partial charge in [0, 0.05) is 18.0 Å². The third-order valence-corrected chi connectivity index (χ3v) is 3.40. The van der Waals surface area contributed by atoms with E-state index < -0.39 is 0 Å². The first-order valence-electron chi connectivity index (χ1n) is 6.80. The number of ether oxygens (including phenoxy) is 1. The number of hydrogen-bond donors (Lipinski definition) is 1. The van der Waals surface area contributed by atoms with E-state index in [1.165, 1.54) is 10.8 Å². The van der Waals surface area contributed by atoms with Crippen molar-refractivity contribution in [2.45, 2.75) is 19.4 Å². The van der Waals surface area contributed by atoms with Crippen LogP contribution in [-0.4, -0.2) is 18.1 Å². The van der Waals surface area contributed by atoms with Gasteiger partial charge in [-0.1, -0.05) is 31.2 Å². The molecule has 2 heterocycles. The molecular weight excluding hydrogens is 236 g/mol. The van der Waals surface area contributed by atoms with Crippen molar-refractivity contribution in [3.63, 3.8) is 0 Å². The monoisotopic (exact) mass is 254 g/mol. The molecule has 0 saturated heterocycles. The Bertz CT molecular complexity index is 601. The van der Waals surface area contributed by atoms with Crippen molar-refractivity contribution in [3.8, 4) is 0 Å². The number of pyridine rings is 1.